The highest BCUT2D eigenvalue weighted by Gasteiger charge is 2.50. The van der Waals surface area contributed by atoms with Crippen LogP contribution in [0.2, 0.25) is 0 Å². The molecule has 1 amide bonds. The highest BCUT2D eigenvalue weighted by atomic mass is 16.5. The fourth-order valence-electron chi connectivity index (χ4n) is 1.65. The molecule has 14 heavy (non-hydrogen) atoms. The lowest BCUT2D eigenvalue weighted by molar-refractivity contribution is -0.310. The smallest absolute Gasteiger partial charge is 0.232 e. The Bertz CT molecular complexity index is 324. The van der Waals surface area contributed by atoms with Gasteiger partial charge in [0.2, 0.25) is 5.91 Å². The van der Waals surface area contributed by atoms with E-state index in [0.29, 0.717) is 0 Å². The summed E-state index contributed by atoms with van der Waals surface area (Å²) in [6, 6.07) is -1.17. The molecule has 2 aliphatic heterocycles. The number of ether oxygens (including phenoxy) is 1. The van der Waals surface area contributed by atoms with Crippen molar-refractivity contribution in [2.24, 2.45) is 0 Å². The molecule has 0 aliphatic carbocycles. The van der Waals surface area contributed by atoms with Crippen molar-refractivity contribution >= 4 is 11.9 Å². The lowest BCUT2D eigenvalue weighted by Crippen LogP contribution is -2.57. The molecule has 2 aliphatic rings. The monoisotopic (exact) mass is 198 g/mol. The SMILES string of the molecule is O=C([O-])[C@H]1/C(=C\CO)O[C@@H]2CC(=O)N21. The second-order valence-corrected chi connectivity index (χ2v) is 3.09. The van der Waals surface area contributed by atoms with Crippen molar-refractivity contribution in [2.45, 2.75) is 18.7 Å². The number of β-lactam (4-membered cyclic amide) rings is 1. The Labute approximate surface area is 79.4 Å². The number of nitrogens with zero attached hydrogens (tertiary/aromatic N) is 1. The molecule has 2 saturated heterocycles. The largest absolute Gasteiger partial charge is 0.547 e. The predicted octanol–water partition coefficient (Wildman–Crippen LogP) is -2.43. The molecule has 0 radical (unpaired) electrons. The number of rotatable bonds is 2. The number of aliphatic hydroxyl groups excluding tert-OH is 1. The number of aliphatic carboxylic acids is 1. The maximum atomic E-state index is 11.0. The molecule has 1 N–H and O–H groups in total. The topological polar surface area (TPSA) is 89.9 Å². The highest BCUT2D eigenvalue weighted by molar-refractivity contribution is 5.90. The van der Waals surface area contributed by atoms with Gasteiger partial charge in [-0.05, 0) is 6.08 Å². The average Bonchev–Trinajstić information content (AvgIpc) is 2.39. The van der Waals surface area contributed by atoms with E-state index in [2.05, 4.69) is 0 Å². The van der Waals surface area contributed by atoms with Crippen molar-refractivity contribution in [2.75, 3.05) is 6.61 Å². The van der Waals surface area contributed by atoms with E-state index in [1.165, 1.54) is 6.08 Å². The van der Waals surface area contributed by atoms with Gasteiger partial charge in [-0.15, -0.1) is 0 Å². The van der Waals surface area contributed by atoms with E-state index in [1.807, 2.05) is 0 Å². The molecule has 6 heteroatoms. The van der Waals surface area contributed by atoms with Crippen LogP contribution in [-0.4, -0.2) is 40.8 Å². The summed E-state index contributed by atoms with van der Waals surface area (Å²) in [6.45, 7) is -0.326. The van der Waals surface area contributed by atoms with Crippen molar-refractivity contribution in [1.29, 1.82) is 0 Å². The van der Waals surface area contributed by atoms with Gasteiger partial charge in [0.1, 0.15) is 11.8 Å². The van der Waals surface area contributed by atoms with Crippen molar-refractivity contribution in [3.05, 3.63) is 11.8 Å². The molecule has 2 atom stereocenters. The molecular weight excluding hydrogens is 190 g/mol. The van der Waals surface area contributed by atoms with Gasteiger partial charge in [-0.2, -0.15) is 0 Å². The third kappa shape index (κ3) is 1.07. The summed E-state index contributed by atoms with van der Waals surface area (Å²) in [5.41, 5.74) is 0. The third-order valence-electron chi connectivity index (χ3n) is 2.28. The maximum Gasteiger partial charge on any atom is 0.232 e. The first kappa shape index (κ1) is 9.01. The summed E-state index contributed by atoms with van der Waals surface area (Å²) in [5.74, 6) is -1.57. The summed E-state index contributed by atoms with van der Waals surface area (Å²) in [5, 5.41) is 19.3. The normalized spacial score (nSPS) is 32.5. The second-order valence-electron chi connectivity index (χ2n) is 3.09. The Morgan fingerprint density at radius 1 is 1.79 bits per heavy atom. The number of fused-ring (bicyclic) bond motifs is 1. The number of carboxylic acid groups (broad SMARTS) is 1. The van der Waals surface area contributed by atoms with Crippen molar-refractivity contribution in [1.82, 2.24) is 4.90 Å². The van der Waals surface area contributed by atoms with Crippen LogP contribution in [0.25, 0.3) is 0 Å². The molecule has 2 rings (SSSR count). The van der Waals surface area contributed by atoms with Crippen molar-refractivity contribution < 1.29 is 24.5 Å². The van der Waals surface area contributed by atoms with Gasteiger partial charge in [-0.3, -0.25) is 9.69 Å². The van der Waals surface area contributed by atoms with E-state index >= 15 is 0 Å². The van der Waals surface area contributed by atoms with Gasteiger partial charge in [0.25, 0.3) is 0 Å². The third-order valence-corrected chi connectivity index (χ3v) is 2.28. The summed E-state index contributed by atoms with van der Waals surface area (Å²) >= 11 is 0. The van der Waals surface area contributed by atoms with Crippen molar-refractivity contribution in [3.8, 4) is 0 Å². The van der Waals surface area contributed by atoms with Gasteiger partial charge < -0.3 is 19.7 Å². The van der Waals surface area contributed by atoms with Crippen LogP contribution in [0, 0.1) is 0 Å². The standard InChI is InChI=1S/C8H9NO5/c10-2-1-4-7(8(12)13)9-5(11)3-6(9)14-4/h1,6-7,10H,2-3H2,(H,12,13)/p-1/b4-1+/t6-,7-/m1/s1. The molecule has 0 saturated carbocycles. The van der Waals surface area contributed by atoms with E-state index < -0.39 is 18.2 Å². The molecule has 2 heterocycles. The summed E-state index contributed by atoms with van der Waals surface area (Å²) in [6.07, 6.45) is 0.918. The van der Waals surface area contributed by atoms with E-state index in [1.54, 1.807) is 0 Å². The Morgan fingerprint density at radius 3 is 3.00 bits per heavy atom. The minimum Gasteiger partial charge on any atom is -0.547 e. The van der Waals surface area contributed by atoms with Crippen molar-refractivity contribution in [3.63, 3.8) is 0 Å². The lowest BCUT2D eigenvalue weighted by atomic mass is 10.1. The average molecular weight is 198 g/mol. The number of hydrogen-bond donors (Lipinski definition) is 1. The first-order valence-corrected chi connectivity index (χ1v) is 4.14. The van der Waals surface area contributed by atoms with E-state index in [-0.39, 0.29) is 24.7 Å². The molecule has 76 valence electrons. The molecular formula is C8H8NO5-. The fraction of sp³-hybridized carbons (Fsp3) is 0.500. The number of carboxylic acids is 1. The molecule has 0 bridgehead atoms. The fourth-order valence-corrected chi connectivity index (χ4v) is 1.65. The van der Waals surface area contributed by atoms with E-state index in [4.69, 9.17) is 9.84 Å². The zero-order chi connectivity index (χ0) is 10.3. The molecule has 2 fully saturated rings. The Balaban J connectivity index is 2.26. The number of carbonyl (C=O) groups excluding carboxylic acids is 2. The molecule has 6 nitrogen and oxygen atoms in total. The molecule has 0 aromatic heterocycles. The Hall–Kier alpha value is -1.56. The van der Waals surface area contributed by atoms with Crippen LogP contribution in [-0.2, 0) is 14.3 Å². The second kappa shape index (κ2) is 2.98. The van der Waals surface area contributed by atoms with Crippen LogP contribution in [0.15, 0.2) is 11.8 Å². The van der Waals surface area contributed by atoms with Crippen LogP contribution < -0.4 is 5.11 Å². The lowest BCUT2D eigenvalue weighted by Gasteiger charge is -2.35. The molecule has 0 aromatic carbocycles. The van der Waals surface area contributed by atoms with Gasteiger partial charge in [-0.25, -0.2) is 0 Å². The zero-order valence-electron chi connectivity index (χ0n) is 7.17. The Kier molecular flexibility index (Phi) is 1.92. The van der Waals surface area contributed by atoms with Crippen LogP contribution >= 0.6 is 0 Å². The summed E-state index contributed by atoms with van der Waals surface area (Å²) in [7, 11) is 0. The minimum absolute atomic E-state index is 0.0864. The summed E-state index contributed by atoms with van der Waals surface area (Å²) < 4.78 is 5.13. The van der Waals surface area contributed by atoms with Crippen LogP contribution in [0.1, 0.15) is 6.42 Å². The number of hydrogen-bond acceptors (Lipinski definition) is 5. The first-order chi connectivity index (χ1) is 6.65. The molecule has 0 spiro atoms. The minimum atomic E-state index is -1.39. The molecule has 0 aromatic rings. The quantitative estimate of drug-likeness (QED) is 0.498. The van der Waals surface area contributed by atoms with Gasteiger partial charge in [0.05, 0.1) is 19.0 Å². The zero-order valence-corrected chi connectivity index (χ0v) is 7.17. The Morgan fingerprint density at radius 2 is 2.50 bits per heavy atom. The van der Waals surface area contributed by atoms with Crippen LogP contribution in [0.3, 0.4) is 0 Å². The van der Waals surface area contributed by atoms with Gasteiger partial charge in [0.15, 0.2) is 6.23 Å². The number of aliphatic hydroxyl groups is 1. The number of carbonyl (C=O) groups is 2. The van der Waals surface area contributed by atoms with Gasteiger partial charge in [-0.1, -0.05) is 0 Å². The molecule has 0 unspecified atom stereocenters. The number of amides is 1. The van der Waals surface area contributed by atoms with Crippen LogP contribution in [0.5, 0.6) is 0 Å². The predicted molar refractivity (Wildman–Crippen MR) is 40.3 cm³/mol. The highest BCUT2D eigenvalue weighted by Crippen LogP contribution is 2.35. The first-order valence-electron chi connectivity index (χ1n) is 4.14. The van der Waals surface area contributed by atoms with Gasteiger partial charge in [0, 0.05) is 0 Å². The maximum absolute atomic E-state index is 11.0. The summed E-state index contributed by atoms with van der Waals surface area (Å²) in [4.78, 5) is 22.9. The van der Waals surface area contributed by atoms with Gasteiger partial charge >= 0.3 is 0 Å². The van der Waals surface area contributed by atoms with Crippen LogP contribution in [0.4, 0.5) is 0 Å². The van der Waals surface area contributed by atoms with E-state index in [0.717, 1.165) is 4.90 Å². The van der Waals surface area contributed by atoms with E-state index in [9.17, 15) is 14.7 Å².